The number of nitrogens with one attached hydrogen (secondary N) is 2. The van der Waals surface area contributed by atoms with Crippen molar-refractivity contribution in [3.63, 3.8) is 0 Å². The average molecular weight is 186 g/mol. The zero-order valence-corrected chi connectivity index (χ0v) is 6.80. The molecule has 0 bridgehead atoms. The number of nitrogens with zero attached hydrogens (tertiary/aromatic N) is 2. The predicted molar refractivity (Wildman–Crippen MR) is 44.5 cm³/mol. The number of fused-ring (bicyclic) bond motifs is 1. The molecule has 1 aromatic rings. The molecule has 0 amide bonds. The second kappa shape index (κ2) is 2.35. The van der Waals surface area contributed by atoms with Gasteiger partial charge in [-0.1, -0.05) is 4.48 Å². The smallest absolute Gasteiger partial charge is 0.327 e. The van der Waals surface area contributed by atoms with Crippen LogP contribution in [0, 0.1) is 0 Å². The maximum atomic E-state index is 13.0. The summed E-state index contributed by atoms with van der Waals surface area (Å²) in [5.74, 6) is 0.205. The minimum absolute atomic E-state index is 0.0572. The van der Waals surface area contributed by atoms with E-state index in [1.807, 2.05) is 4.98 Å². The van der Waals surface area contributed by atoms with Crippen molar-refractivity contribution >= 4 is 11.5 Å². The molecular formula is C6H7FN4O2. The summed E-state index contributed by atoms with van der Waals surface area (Å²) in [6.45, 7) is -0.0572. The van der Waals surface area contributed by atoms with Gasteiger partial charge in [-0.25, -0.2) is 4.79 Å². The zero-order valence-electron chi connectivity index (χ0n) is 6.80. The lowest BCUT2D eigenvalue weighted by Crippen LogP contribution is -2.24. The van der Waals surface area contributed by atoms with Crippen LogP contribution < -0.4 is 21.3 Å². The predicted octanol–water partition coefficient (Wildman–Crippen LogP) is -0.839. The van der Waals surface area contributed by atoms with Gasteiger partial charge in [-0.15, -0.1) is 0 Å². The summed E-state index contributed by atoms with van der Waals surface area (Å²) in [6, 6.07) is 0. The molecule has 0 spiro atoms. The highest BCUT2D eigenvalue weighted by atomic mass is 19.2. The summed E-state index contributed by atoms with van der Waals surface area (Å²) in [5.41, 5.74) is -1.50. The van der Waals surface area contributed by atoms with Crippen LogP contribution in [0.5, 0.6) is 0 Å². The van der Waals surface area contributed by atoms with Gasteiger partial charge in [0.15, 0.2) is 5.69 Å². The lowest BCUT2D eigenvalue weighted by molar-refractivity contribution is 0.447. The highest BCUT2D eigenvalue weighted by Crippen LogP contribution is 2.27. The van der Waals surface area contributed by atoms with Crippen LogP contribution in [0.4, 0.5) is 16.0 Å². The van der Waals surface area contributed by atoms with Crippen molar-refractivity contribution in [1.82, 2.24) is 9.97 Å². The largest absolute Gasteiger partial charge is 0.339 e. The van der Waals surface area contributed by atoms with Gasteiger partial charge in [0.25, 0.3) is 5.56 Å². The molecule has 0 saturated heterocycles. The van der Waals surface area contributed by atoms with Crippen LogP contribution in [-0.4, -0.2) is 23.7 Å². The van der Waals surface area contributed by atoms with Crippen LogP contribution in [0.25, 0.3) is 0 Å². The fourth-order valence-corrected chi connectivity index (χ4v) is 1.30. The molecule has 1 aromatic heterocycles. The first-order valence-electron chi connectivity index (χ1n) is 3.60. The molecule has 0 aliphatic carbocycles. The lowest BCUT2D eigenvalue weighted by atomic mass is 10.5. The van der Waals surface area contributed by atoms with Crippen molar-refractivity contribution in [2.24, 2.45) is 0 Å². The Morgan fingerprint density at radius 2 is 2.08 bits per heavy atom. The van der Waals surface area contributed by atoms with E-state index in [4.69, 9.17) is 0 Å². The number of halogens is 1. The first-order valence-corrected chi connectivity index (χ1v) is 3.60. The third-order valence-electron chi connectivity index (χ3n) is 1.86. The Balaban J connectivity index is 2.77. The Hall–Kier alpha value is -1.79. The molecule has 13 heavy (non-hydrogen) atoms. The first kappa shape index (κ1) is 7.84. The normalized spacial score (nSPS) is 14.9. The number of aromatic nitrogens is 2. The second-order valence-corrected chi connectivity index (χ2v) is 2.81. The van der Waals surface area contributed by atoms with E-state index in [1.54, 1.807) is 7.05 Å². The molecule has 6 nitrogen and oxygen atoms in total. The van der Waals surface area contributed by atoms with Crippen LogP contribution >= 0.6 is 0 Å². The fourth-order valence-electron chi connectivity index (χ4n) is 1.30. The van der Waals surface area contributed by atoms with Gasteiger partial charge in [0.1, 0.15) is 12.5 Å². The molecular weight excluding hydrogens is 179 g/mol. The quantitative estimate of drug-likeness (QED) is 0.518. The Morgan fingerprint density at radius 1 is 1.38 bits per heavy atom. The van der Waals surface area contributed by atoms with E-state index in [0.29, 0.717) is 0 Å². The van der Waals surface area contributed by atoms with Gasteiger partial charge in [0.2, 0.25) is 0 Å². The summed E-state index contributed by atoms with van der Waals surface area (Å²) < 4.78 is 13.0. The molecule has 0 atom stereocenters. The molecule has 0 aromatic carbocycles. The SMILES string of the molecule is CN1CN(F)c2c1[nH]c(=O)[nH]c2=O. The lowest BCUT2D eigenvalue weighted by Gasteiger charge is -2.07. The molecule has 2 N–H and O–H groups in total. The number of aromatic amines is 2. The van der Waals surface area contributed by atoms with Crippen LogP contribution in [0.15, 0.2) is 9.59 Å². The standard InChI is InChI=1S/C6H7FN4O2/c1-10-2-11(7)3-4(10)8-6(13)9-5(3)12/h2H2,1H3,(H2,8,9,12,13). The molecule has 0 unspecified atom stereocenters. The van der Waals surface area contributed by atoms with Gasteiger partial charge >= 0.3 is 5.69 Å². The minimum Gasteiger partial charge on any atom is -0.339 e. The molecule has 1 aliphatic rings. The molecule has 7 heteroatoms. The van der Waals surface area contributed by atoms with E-state index >= 15 is 0 Å². The van der Waals surface area contributed by atoms with Crippen LogP contribution in [-0.2, 0) is 0 Å². The number of anilines is 2. The average Bonchev–Trinajstić information content (AvgIpc) is 2.27. The van der Waals surface area contributed by atoms with Crippen molar-refractivity contribution in [2.75, 3.05) is 23.7 Å². The van der Waals surface area contributed by atoms with Crippen LogP contribution in [0.3, 0.4) is 0 Å². The van der Waals surface area contributed by atoms with Crippen molar-refractivity contribution in [2.45, 2.75) is 0 Å². The van der Waals surface area contributed by atoms with Crippen LogP contribution in [0.1, 0.15) is 0 Å². The van der Waals surface area contributed by atoms with E-state index in [0.717, 1.165) is 0 Å². The van der Waals surface area contributed by atoms with Gasteiger partial charge in [-0.3, -0.25) is 14.8 Å². The fraction of sp³-hybridized carbons (Fsp3) is 0.333. The van der Waals surface area contributed by atoms with Crippen molar-refractivity contribution in [3.8, 4) is 0 Å². The first-order chi connectivity index (χ1) is 6.09. The van der Waals surface area contributed by atoms with E-state index in [9.17, 15) is 14.1 Å². The van der Waals surface area contributed by atoms with Crippen LogP contribution in [0.2, 0.25) is 0 Å². The Morgan fingerprint density at radius 3 is 2.77 bits per heavy atom. The van der Waals surface area contributed by atoms with Crippen molar-refractivity contribution in [1.29, 1.82) is 0 Å². The molecule has 0 radical (unpaired) electrons. The summed E-state index contributed by atoms with van der Waals surface area (Å²) in [4.78, 5) is 27.7. The maximum absolute atomic E-state index is 13.0. The molecule has 70 valence electrons. The Bertz CT molecular complexity index is 451. The Kier molecular flexibility index (Phi) is 1.42. The number of H-pyrrole nitrogens is 2. The topological polar surface area (TPSA) is 72.2 Å². The number of hydrogen-bond acceptors (Lipinski definition) is 4. The van der Waals surface area contributed by atoms with E-state index < -0.39 is 11.2 Å². The van der Waals surface area contributed by atoms with Gasteiger partial charge < -0.3 is 4.90 Å². The highest BCUT2D eigenvalue weighted by Gasteiger charge is 2.27. The van der Waals surface area contributed by atoms with Crippen molar-refractivity contribution < 1.29 is 4.48 Å². The van der Waals surface area contributed by atoms with E-state index in [1.165, 1.54) is 4.90 Å². The second-order valence-electron chi connectivity index (χ2n) is 2.81. The van der Waals surface area contributed by atoms with Gasteiger partial charge in [-0.05, 0) is 0 Å². The van der Waals surface area contributed by atoms with E-state index in [-0.39, 0.29) is 23.3 Å². The summed E-state index contributed by atoms with van der Waals surface area (Å²) >= 11 is 0. The third-order valence-corrected chi connectivity index (χ3v) is 1.86. The molecule has 2 rings (SSSR count). The monoisotopic (exact) mass is 186 g/mol. The summed E-state index contributed by atoms with van der Waals surface area (Å²) in [7, 11) is 1.58. The minimum atomic E-state index is -0.717. The third kappa shape index (κ3) is 1.00. The Labute approximate surface area is 71.5 Å². The number of hydrogen-bond donors (Lipinski definition) is 2. The van der Waals surface area contributed by atoms with Crippen molar-refractivity contribution in [3.05, 3.63) is 20.8 Å². The number of rotatable bonds is 0. The van der Waals surface area contributed by atoms with E-state index in [2.05, 4.69) is 4.98 Å². The molecule has 2 heterocycles. The van der Waals surface area contributed by atoms with Gasteiger partial charge in [0.05, 0.1) is 0 Å². The maximum Gasteiger partial charge on any atom is 0.327 e. The zero-order chi connectivity index (χ0) is 9.59. The summed E-state index contributed by atoms with van der Waals surface area (Å²) in [5, 5.41) is 0.282. The highest BCUT2D eigenvalue weighted by molar-refractivity contribution is 5.68. The molecule has 0 saturated carbocycles. The molecule has 1 aliphatic heterocycles. The van der Waals surface area contributed by atoms with Gasteiger partial charge in [0, 0.05) is 7.05 Å². The summed E-state index contributed by atoms with van der Waals surface area (Å²) in [6.07, 6.45) is 0. The molecule has 0 fully saturated rings. The van der Waals surface area contributed by atoms with Gasteiger partial charge in [-0.2, -0.15) is 5.12 Å².